The number of nitriles is 1. The molecule has 0 saturated heterocycles. The molecule has 4 atom stereocenters. The molecule has 31 heavy (non-hydrogen) atoms. The summed E-state index contributed by atoms with van der Waals surface area (Å²) in [4.78, 5) is 17.2. The molecule has 2 unspecified atom stereocenters. The van der Waals surface area contributed by atoms with Crippen LogP contribution in [-0.4, -0.2) is 26.1 Å². The lowest BCUT2D eigenvalue weighted by molar-refractivity contribution is -0.131. The number of pyridine rings is 1. The third-order valence-electron chi connectivity index (χ3n) is 7.27. The molecule has 1 aromatic carbocycles. The van der Waals surface area contributed by atoms with E-state index in [1.165, 1.54) is 0 Å². The molecule has 0 amide bonds. The molecule has 0 bridgehead atoms. The van der Waals surface area contributed by atoms with Crippen LogP contribution in [-0.2, 0) is 23.2 Å². The number of fused-ring (bicyclic) bond motifs is 3. The van der Waals surface area contributed by atoms with Crippen molar-refractivity contribution in [1.29, 1.82) is 5.26 Å². The number of hydrogen-bond donors (Lipinski definition) is 2. The van der Waals surface area contributed by atoms with Crippen molar-refractivity contribution < 1.29 is 9.90 Å². The molecule has 1 fully saturated rings. The second-order valence-electron chi connectivity index (χ2n) is 8.73. The van der Waals surface area contributed by atoms with E-state index < -0.39 is 11.3 Å². The summed E-state index contributed by atoms with van der Waals surface area (Å²) in [5, 5.41) is 27.3. The number of aliphatic hydroxyl groups excluding tert-OH is 1. The van der Waals surface area contributed by atoms with E-state index in [1.807, 2.05) is 31.2 Å². The number of aromatic amines is 1. The zero-order chi connectivity index (χ0) is 21.6. The van der Waals surface area contributed by atoms with Gasteiger partial charge in [0, 0.05) is 40.5 Å². The predicted molar refractivity (Wildman–Crippen MR) is 115 cm³/mol. The third kappa shape index (κ3) is 2.84. The number of benzene rings is 1. The second-order valence-corrected chi connectivity index (χ2v) is 8.73. The minimum absolute atomic E-state index is 0.0575. The summed E-state index contributed by atoms with van der Waals surface area (Å²) in [6.45, 7) is 1.90. The number of H-pyrrole nitrogens is 1. The highest BCUT2D eigenvalue weighted by Crippen LogP contribution is 2.56. The number of ketones is 1. The Labute approximate surface area is 181 Å². The molecule has 3 aromatic rings. The highest BCUT2D eigenvalue weighted by molar-refractivity contribution is 5.87. The number of rotatable bonds is 3. The Morgan fingerprint density at radius 1 is 1.29 bits per heavy atom. The maximum Gasteiger partial charge on any atom is 0.153 e. The normalized spacial score (nSPS) is 27.3. The standard InChI is InChI=1S/C25H24N4O2/c1-15-21-8-7-20-22(17-9-16(14-30)12-27-13-17)28-29-24(20)25(21,10-18(11-26)23(15)31)19-5-3-2-4-6-19/h2-6,9,12-13,15,18,21,30H,7-8,10,14H2,1H3,(H,28,29)/t15-,18?,21?,25-/m0/s1. The largest absolute Gasteiger partial charge is 0.392 e. The maximum absolute atomic E-state index is 12.9. The van der Waals surface area contributed by atoms with Gasteiger partial charge in [-0.2, -0.15) is 10.4 Å². The Morgan fingerprint density at radius 2 is 2.10 bits per heavy atom. The Hall–Kier alpha value is -3.30. The van der Waals surface area contributed by atoms with Crippen LogP contribution in [0.2, 0.25) is 0 Å². The predicted octanol–water partition coefficient (Wildman–Crippen LogP) is 3.56. The van der Waals surface area contributed by atoms with Crippen molar-refractivity contribution in [3.8, 4) is 17.3 Å². The van der Waals surface area contributed by atoms with Gasteiger partial charge in [-0.05, 0) is 42.4 Å². The van der Waals surface area contributed by atoms with E-state index in [2.05, 4.69) is 33.4 Å². The number of carbonyl (C=O) groups excluding carboxylic acids is 1. The first-order valence-corrected chi connectivity index (χ1v) is 10.7. The lowest BCUT2D eigenvalue weighted by atomic mass is 9.51. The highest BCUT2D eigenvalue weighted by Gasteiger charge is 2.56. The first-order valence-electron chi connectivity index (χ1n) is 10.7. The molecule has 2 aromatic heterocycles. The van der Waals surface area contributed by atoms with Crippen molar-refractivity contribution in [1.82, 2.24) is 15.2 Å². The number of aromatic nitrogens is 3. The first-order chi connectivity index (χ1) is 15.1. The molecule has 1 saturated carbocycles. The quantitative estimate of drug-likeness (QED) is 0.685. The number of hydrogen-bond acceptors (Lipinski definition) is 5. The Balaban J connectivity index is 1.73. The van der Waals surface area contributed by atoms with Crippen LogP contribution in [0.3, 0.4) is 0 Å². The Kier molecular flexibility index (Phi) is 4.71. The molecular weight excluding hydrogens is 388 g/mol. The molecule has 0 radical (unpaired) electrons. The lowest BCUT2D eigenvalue weighted by Gasteiger charge is -2.50. The summed E-state index contributed by atoms with van der Waals surface area (Å²) in [5.41, 5.74) is 5.23. The lowest BCUT2D eigenvalue weighted by Crippen LogP contribution is -2.52. The average molecular weight is 412 g/mol. The molecule has 5 rings (SSSR count). The van der Waals surface area contributed by atoms with Crippen molar-refractivity contribution in [2.75, 3.05) is 0 Å². The first kappa shape index (κ1) is 19.7. The number of nitrogens with one attached hydrogen (secondary N) is 1. The minimum Gasteiger partial charge on any atom is -0.392 e. The van der Waals surface area contributed by atoms with Gasteiger partial charge in [0.2, 0.25) is 0 Å². The van der Waals surface area contributed by atoms with E-state index in [1.54, 1.807) is 12.4 Å². The second kappa shape index (κ2) is 7.44. The van der Waals surface area contributed by atoms with E-state index in [9.17, 15) is 15.2 Å². The van der Waals surface area contributed by atoms with E-state index in [0.717, 1.165) is 46.5 Å². The van der Waals surface area contributed by atoms with Crippen LogP contribution in [0.5, 0.6) is 0 Å². The minimum atomic E-state index is -0.636. The zero-order valence-electron chi connectivity index (χ0n) is 17.4. The molecule has 2 aliphatic carbocycles. The average Bonchev–Trinajstić information content (AvgIpc) is 3.27. The van der Waals surface area contributed by atoms with Gasteiger partial charge in [-0.15, -0.1) is 0 Å². The summed E-state index contributed by atoms with van der Waals surface area (Å²) in [6, 6.07) is 14.4. The summed E-state index contributed by atoms with van der Waals surface area (Å²) in [7, 11) is 0. The van der Waals surface area contributed by atoms with E-state index in [0.29, 0.717) is 6.42 Å². The molecule has 6 heteroatoms. The summed E-state index contributed by atoms with van der Waals surface area (Å²) < 4.78 is 0. The van der Waals surface area contributed by atoms with Crippen LogP contribution in [0.15, 0.2) is 48.8 Å². The van der Waals surface area contributed by atoms with Gasteiger partial charge in [0.1, 0.15) is 5.92 Å². The number of aliphatic hydroxyl groups is 1. The SMILES string of the molecule is C[C@@H]1C(=O)C(C#N)C[C@@]2(c3ccccc3)c3[nH]nc(-c4cncc(CO)c4)c3CCC12. The molecule has 2 aliphatic rings. The molecule has 6 nitrogen and oxygen atoms in total. The van der Waals surface area contributed by atoms with Gasteiger partial charge in [0.15, 0.2) is 5.78 Å². The fourth-order valence-corrected chi connectivity index (χ4v) is 5.84. The topological polar surface area (TPSA) is 103 Å². The third-order valence-corrected chi connectivity index (χ3v) is 7.27. The Bertz CT molecular complexity index is 1180. The van der Waals surface area contributed by atoms with Crippen LogP contribution in [0, 0.1) is 29.1 Å². The summed E-state index contributed by atoms with van der Waals surface area (Å²) in [5.74, 6) is -0.668. The van der Waals surface area contributed by atoms with Gasteiger partial charge >= 0.3 is 0 Å². The molecule has 0 aliphatic heterocycles. The smallest absolute Gasteiger partial charge is 0.153 e. The van der Waals surface area contributed by atoms with E-state index in [-0.39, 0.29) is 24.2 Å². The fraction of sp³-hybridized carbons (Fsp3) is 0.360. The van der Waals surface area contributed by atoms with Crippen LogP contribution in [0.25, 0.3) is 11.3 Å². The van der Waals surface area contributed by atoms with Gasteiger partial charge in [-0.25, -0.2) is 0 Å². The number of nitrogens with zero attached hydrogens (tertiary/aromatic N) is 3. The van der Waals surface area contributed by atoms with Crippen LogP contribution >= 0.6 is 0 Å². The van der Waals surface area contributed by atoms with Crippen molar-refractivity contribution in [3.63, 3.8) is 0 Å². The van der Waals surface area contributed by atoms with Gasteiger partial charge in [0.25, 0.3) is 0 Å². The summed E-state index contributed by atoms with van der Waals surface area (Å²) >= 11 is 0. The van der Waals surface area contributed by atoms with Crippen molar-refractivity contribution in [2.45, 2.75) is 38.2 Å². The van der Waals surface area contributed by atoms with Gasteiger partial charge in [-0.3, -0.25) is 14.9 Å². The van der Waals surface area contributed by atoms with Crippen LogP contribution in [0.4, 0.5) is 0 Å². The van der Waals surface area contributed by atoms with E-state index in [4.69, 9.17) is 0 Å². The Morgan fingerprint density at radius 3 is 2.84 bits per heavy atom. The number of Topliss-reactive ketones (excluding diaryl/α,β-unsaturated/α-hetero) is 1. The molecule has 2 N–H and O–H groups in total. The van der Waals surface area contributed by atoms with Crippen LogP contribution in [0.1, 0.15) is 42.1 Å². The molecular formula is C25H24N4O2. The molecule has 2 heterocycles. The molecule has 156 valence electrons. The monoisotopic (exact) mass is 412 g/mol. The van der Waals surface area contributed by atoms with Gasteiger partial charge in [0.05, 0.1) is 18.4 Å². The zero-order valence-corrected chi connectivity index (χ0v) is 17.4. The van der Waals surface area contributed by atoms with E-state index >= 15 is 0 Å². The summed E-state index contributed by atoms with van der Waals surface area (Å²) in [6.07, 6.45) is 5.54. The maximum atomic E-state index is 12.9. The molecule has 0 spiro atoms. The van der Waals surface area contributed by atoms with Crippen molar-refractivity contribution in [2.24, 2.45) is 17.8 Å². The van der Waals surface area contributed by atoms with Crippen molar-refractivity contribution >= 4 is 5.78 Å². The van der Waals surface area contributed by atoms with Gasteiger partial charge in [-0.1, -0.05) is 37.3 Å². The fourth-order valence-electron chi connectivity index (χ4n) is 5.84. The van der Waals surface area contributed by atoms with Crippen molar-refractivity contribution in [3.05, 3.63) is 71.2 Å². The van der Waals surface area contributed by atoms with Crippen LogP contribution < -0.4 is 0 Å². The van der Waals surface area contributed by atoms with Gasteiger partial charge < -0.3 is 5.11 Å². The number of carbonyl (C=O) groups is 1. The highest BCUT2D eigenvalue weighted by atomic mass is 16.3.